The van der Waals surface area contributed by atoms with E-state index in [-0.39, 0.29) is 36.8 Å². The molecule has 21 heavy (non-hydrogen) atoms. The number of carbonyl (C=O) groups excluding carboxylic acids is 1. The second kappa shape index (κ2) is 7.11. The number of aromatic nitrogens is 1. The molecular weight excluding hydrogens is 313 g/mol. The van der Waals surface area contributed by atoms with Gasteiger partial charge in [0, 0.05) is 37.4 Å². The van der Waals surface area contributed by atoms with Crippen LogP contribution in [-0.2, 0) is 0 Å². The van der Waals surface area contributed by atoms with Gasteiger partial charge in [0.2, 0.25) is 0 Å². The molecule has 1 amide bonds. The van der Waals surface area contributed by atoms with Gasteiger partial charge in [-0.3, -0.25) is 4.79 Å². The maximum atomic E-state index is 12.4. The summed E-state index contributed by atoms with van der Waals surface area (Å²) >= 11 is 0. The van der Waals surface area contributed by atoms with Crippen molar-refractivity contribution in [1.29, 1.82) is 0 Å². The fourth-order valence-corrected chi connectivity index (χ4v) is 2.42. The van der Waals surface area contributed by atoms with Crippen LogP contribution < -0.4 is 5.32 Å². The van der Waals surface area contributed by atoms with E-state index >= 15 is 0 Å². The number of rotatable bonds is 1. The Labute approximate surface area is 135 Å². The summed E-state index contributed by atoms with van der Waals surface area (Å²) in [5, 5.41) is 3.27. The molecule has 1 aliphatic heterocycles. The largest absolute Gasteiger partial charge is 0.449 e. The van der Waals surface area contributed by atoms with Gasteiger partial charge in [-0.25, -0.2) is 4.98 Å². The maximum Gasteiger partial charge on any atom is 0.289 e. The smallest absolute Gasteiger partial charge is 0.289 e. The molecule has 0 aromatic carbocycles. The average molecular weight is 332 g/mol. The minimum Gasteiger partial charge on any atom is -0.449 e. The predicted octanol–water partition coefficient (Wildman–Crippen LogP) is 2.41. The predicted molar refractivity (Wildman–Crippen MR) is 86.6 cm³/mol. The van der Waals surface area contributed by atoms with E-state index in [9.17, 15) is 4.79 Å². The van der Waals surface area contributed by atoms with E-state index in [2.05, 4.69) is 10.3 Å². The molecule has 0 bridgehead atoms. The molecule has 1 aliphatic rings. The minimum absolute atomic E-state index is 0. The number of furan rings is 1. The number of pyridine rings is 1. The third-order valence-corrected chi connectivity index (χ3v) is 3.49. The van der Waals surface area contributed by atoms with Crippen LogP contribution in [0.2, 0.25) is 0 Å². The standard InChI is InChI=1S/C14H17N3O2.2ClH/c1-9-3-4-12-11(16-9)7-13(19-12)14(18)17-6-5-15-8-10(17)2;;/h3-4,7,10,15H,5-6,8H2,1-2H3;2*1H/t10-;;/m0../s1. The van der Waals surface area contributed by atoms with Crippen LogP contribution in [0.3, 0.4) is 0 Å². The highest BCUT2D eigenvalue weighted by Gasteiger charge is 2.26. The Morgan fingerprint density at radius 3 is 2.90 bits per heavy atom. The molecule has 1 N–H and O–H groups in total. The normalized spacial score (nSPS) is 18.0. The number of fused-ring (bicyclic) bond motifs is 1. The van der Waals surface area contributed by atoms with E-state index in [1.54, 1.807) is 6.07 Å². The van der Waals surface area contributed by atoms with Crippen molar-refractivity contribution in [2.24, 2.45) is 0 Å². The Kier molecular flexibility index (Phi) is 6.01. The molecule has 1 atom stereocenters. The quantitative estimate of drug-likeness (QED) is 0.871. The molecule has 1 saturated heterocycles. The summed E-state index contributed by atoms with van der Waals surface area (Å²) < 4.78 is 5.61. The van der Waals surface area contributed by atoms with Crippen molar-refractivity contribution in [3.63, 3.8) is 0 Å². The second-order valence-electron chi connectivity index (χ2n) is 5.00. The van der Waals surface area contributed by atoms with Crippen molar-refractivity contribution in [2.45, 2.75) is 19.9 Å². The highest BCUT2D eigenvalue weighted by Crippen LogP contribution is 2.20. The van der Waals surface area contributed by atoms with E-state index in [0.29, 0.717) is 17.9 Å². The van der Waals surface area contributed by atoms with Gasteiger partial charge in [0.25, 0.3) is 5.91 Å². The Morgan fingerprint density at radius 1 is 1.43 bits per heavy atom. The molecular formula is C14H19Cl2N3O2. The van der Waals surface area contributed by atoms with Crippen LogP contribution in [-0.4, -0.2) is 41.5 Å². The van der Waals surface area contributed by atoms with Crippen molar-refractivity contribution < 1.29 is 9.21 Å². The number of carbonyl (C=O) groups is 1. The third kappa shape index (κ3) is 3.48. The van der Waals surface area contributed by atoms with Crippen LogP contribution in [0.1, 0.15) is 23.2 Å². The Balaban J connectivity index is 0.00000110. The lowest BCUT2D eigenvalue weighted by Gasteiger charge is -2.33. The van der Waals surface area contributed by atoms with Gasteiger partial charge in [0.05, 0.1) is 0 Å². The van der Waals surface area contributed by atoms with Gasteiger partial charge in [-0.1, -0.05) is 0 Å². The topological polar surface area (TPSA) is 58.4 Å². The highest BCUT2D eigenvalue weighted by molar-refractivity contribution is 5.95. The second-order valence-corrected chi connectivity index (χ2v) is 5.00. The molecule has 7 heteroatoms. The molecule has 0 radical (unpaired) electrons. The lowest BCUT2D eigenvalue weighted by molar-refractivity contribution is 0.0625. The molecule has 0 aliphatic carbocycles. The summed E-state index contributed by atoms with van der Waals surface area (Å²) in [6.45, 7) is 6.32. The van der Waals surface area contributed by atoms with Gasteiger partial charge < -0.3 is 14.6 Å². The summed E-state index contributed by atoms with van der Waals surface area (Å²) in [6.07, 6.45) is 0. The van der Waals surface area contributed by atoms with Crippen LogP contribution >= 0.6 is 24.8 Å². The van der Waals surface area contributed by atoms with Crippen LogP contribution in [0, 0.1) is 6.92 Å². The van der Waals surface area contributed by atoms with Gasteiger partial charge >= 0.3 is 0 Å². The number of hydrogen-bond acceptors (Lipinski definition) is 4. The number of hydrogen-bond donors (Lipinski definition) is 1. The first-order chi connectivity index (χ1) is 9.15. The Hall–Kier alpha value is -1.30. The molecule has 0 saturated carbocycles. The summed E-state index contributed by atoms with van der Waals surface area (Å²) in [6, 6.07) is 5.66. The van der Waals surface area contributed by atoms with Crippen molar-refractivity contribution in [3.8, 4) is 0 Å². The van der Waals surface area contributed by atoms with Crippen LogP contribution in [0.5, 0.6) is 0 Å². The van der Waals surface area contributed by atoms with Crippen molar-refractivity contribution in [3.05, 3.63) is 29.7 Å². The zero-order valence-electron chi connectivity index (χ0n) is 12.0. The van der Waals surface area contributed by atoms with Crippen LogP contribution in [0.25, 0.3) is 11.1 Å². The van der Waals surface area contributed by atoms with Gasteiger partial charge in [-0.2, -0.15) is 0 Å². The Morgan fingerprint density at radius 2 is 2.19 bits per heavy atom. The van der Waals surface area contributed by atoms with E-state index < -0.39 is 0 Å². The first-order valence-corrected chi connectivity index (χ1v) is 6.54. The first-order valence-electron chi connectivity index (χ1n) is 6.54. The molecule has 0 spiro atoms. The summed E-state index contributed by atoms with van der Waals surface area (Å²) in [7, 11) is 0. The van der Waals surface area contributed by atoms with E-state index in [0.717, 1.165) is 24.3 Å². The number of nitrogens with one attached hydrogen (secondary N) is 1. The zero-order chi connectivity index (χ0) is 13.4. The summed E-state index contributed by atoms with van der Waals surface area (Å²) in [4.78, 5) is 18.7. The molecule has 2 aromatic heterocycles. The monoisotopic (exact) mass is 331 g/mol. The number of nitrogens with zero attached hydrogens (tertiary/aromatic N) is 2. The van der Waals surface area contributed by atoms with Gasteiger partial charge in [0.15, 0.2) is 11.3 Å². The van der Waals surface area contributed by atoms with E-state index in [1.165, 1.54) is 0 Å². The van der Waals surface area contributed by atoms with E-state index in [1.807, 2.05) is 30.9 Å². The Bertz CT molecular complexity index is 630. The van der Waals surface area contributed by atoms with E-state index in [4.69, 9.17) is 4.42 Å². The number of amides is 1. The van der Waals surface area contributed by atoms with Crippen LogP contribution in [0.4, 0.5) is 0 Å². The molecule has 3 rings (SSSR count). The SMILES string of the molecule is Cc1ccc2oc(C(=O)N3CCNC[C@@H]3C)cc2n1.Cl.Cl. The molecule has 0 unspecified atom stereocenters. The zero-order valence-corrected chi connectivity index (χ0v) is 13.6. The van der Waals surface area contributed by atoms with Crippen molar-refractivity contribution in [1.82, 2.24) is 15.2 Å². The maximum absolute atomic E-state index is 12.4. The number of halogens is 2. The first kappa shape index (κ1) is 17.8. The molecule has 1 fully saturated rings. The highest BCUT2D eigenvalue weighted by atomic mass is 35.5. The molecule has 3 heterocycles. The van der Waals surface area contributed by atoms with Crippen molar-refractivity contribution in [2.75, 3.05) is 19.6 Å². The van der Waals surface area contributed by atoms with Gasteiger partial charge in [-0.05, 0) is 26.0 Å². The molecule has 5 nitrogen and oxygen atoms in total. The van der Waals surface area contributed by atoms with Gasteiger partial charge in [-0.15, -0.1) is 24.8 Å². The molecule has 2 aromatic rings. The van der Waals surface area contributed by atoms with Crippen molar-refractivity contribution >= 4 is 41.8 Å². The number of aryl methyl sites for hydroxylation is 1. The van der Waals surface area contributed by atoms with Gasteiger partial charge in [0.1, 0.15) is 5.52 Å². The average Bonchev–Trinajstić information content (AvgIpc) is 2.81. The fraction of sp³-hybridized carbons (Fsp3) is 0.429. The molecule has 116 valence electrons. The number of piperazine rings is 1. The lowest BCUT2D eigenvalue weighted by atomic mass is 10.2. The lowest BCUT2D eigenvalue weighted by Crippen LogP contribution is -2.52. The third-order valence-electron chi connectivity index (χ3n) is 3.49. The minimum atomic E-state index is -0.0512. The summed E-state index contributed by atoms with van der Waals surface area (Å²) in [5.41, 5.74) is 2.32. The van der Waals surface area contributed by atoms with Crippen LogP contribution in [0.15, 0.2) is 22.6 Å². The summed E-state index contributed by atoms with van der Waals surface area (Å²) in [5.74, 6) is 0.325. The fourth-order valence-electron chi connectivity index (χ4n) is 2.42.